The molecule has 0 radical (unpaired) electrons. The Kier molecular flexibility index (Phi) is 5.15. The van der Waals surface area contributed by atoms with Crippen molar-refractivity contribution < 1.29 is 9.53 Å². The van der Waals surface area contributed by atoms with Gasteiger partial charge in [0.2, 0.25) is 5.91 Å². The number of carbonyl (C=O) groups is 1. The highest BCUT2D eigenvalue weighted by Crippen LogP contribution is 2.24. The topological polar surface area (TPSA) is 64.3 Å². The summed E-state index contributed by atoms with van der Waals surface area (Å²) in [6.07, 6.45) is 0. The average Bonchev–Trinajstić information content (AvgIpc) is 2.29. The maximum atomic E-state index is 11.6. The fourth-order valence-corrected chi connectivity index (χ4v) is 1.77. The number of hydrogen-bond donors (Lipinski definition) is 2. The van der Waals surface area contributed by atoms with Gasteiger partial charge in [0.05, 0.1) is 24.2 Å². The highest BCUT2D eigenvalue weighted by molar-refractivity contribution is 8.00. The number of rotatable bonds is 5. The van der Waals surface area contributed by atoms with Gasteiger partial charge in [-0.3, -0.25) is 4.79 Å². The molecule has 3 N–H and O–H groups in total. The Morgan fingerprint density at radius 3 is 2.76 bits per heavy atom. The van der Waals surface area contributed by atoms with Gasteiger partial charge >= 0.3 is 0 Å². The summed E-state index contributed by atoms with van der Waals surface area (Å²) in [4.78, 5) is 11.6. The second-order valence-corrected chi connectivity index (χ2v) is 5.43. The Labute approximate surface area is 106 Å². The molecule has 0 bridgehead atoms. The van der Waals surface area contributed by atoms with E-state index in [0.29, 0.717) is 28.1 Å². The van der Waals surface area contributed by atoms with E-state index in [4.69, 9.17) is 10.5 Å². The number of benzene rings is 1. The molecule has 5 heteroatoms. The van der Waals surface area contributed by atoms with Crippen LogP contribution in [-0.4, -0.2) is 24.0 Å². The van der Waals surface area contributed by atoms with E-state index in [1.54, 1.807) is 37.1 Å². The highest BCUT2D eigenvalue weighted by Gasteiger charge is 2.07. The van der Waals surface area contributed by atoms with Crippen LogP contribution in [0.3, 0.4) is 0 Å². The number of nitrogen functional groups attached to an aromatic ring is 1. The van der Waals surface area contributed by atoms with Crippen LogP contribution in [0.4, 0.5) is 11.4 Å². The first-order valence-electron chi connectivity index (χ1n) is 5.38. The van der Waals surface area contributed by atoms with Gasteiger partial charge in [-0.25, -0.2) is 0 Å². The first-order valence-corrected chi connectivity index (χ1v) is 6.42. The Morgan fingerprint density at radius 2 is 2.24 bits per heavy atom. The Morgan fingerprint density at radius 1 is 1.53 bits per heavy atom. The summed E-state index contributed by atoms with van der Waals surface area (Å²) >= 11 is 1.59. The molecular weight excluding hydrogens is 236 g/mol. The molecule has 0 saturated heterocycles. The smallest absolute Gasteiger partial charge is 0.234 e. The third-order valence-corrected chi connectivity index (χ3v) is 3.18. The lowest BCUT2D eigenvalue weighted by Crippen LogP contribution is -2.16. The summed E-state index contributed by atoms with van der Waals surface area (Å²) in [5.74, 6) is 1.07. The molecule has 1 aromatic carbocycles. The van der Waals surface area contributed by atoms with E-state index in [-0.39, 0.29) is 5.91 Å². The number of ether oxygens (including phenoxy) is 1. The number of carbonyl (C=O) groups excluding carboxylic acids is 1. The molecule has 0 aliphatic rings. The van der Waals surface area contributed by atoms with Crippen LogP contribution in [0.25, 0.3) is 0 Å². The second-order valence-electron chi connectivity index (χ2n) is 3.86. The van der Waals surface area contributed by atoms with Gasteiger partial charge in [0.25, 0.3) is 0 Å². The second kappa shape index (κ2) is 6.39. The van der Waals surface area contributed by atoms with Crippen LogP contribution in [0.1, 0.15) is 13.8 Å². The minimum absolute atomic E-state index is 0.0411. The number of nitrogens with one attached hydrogen (secondary N) is 1. The van der Waals surface area contributed by atoms with Crippen LogP contribution < -0.4 is 15.8 Å². The molecule has 1 aromatic rings. The van der Waals surface area contributed by atoms with E-state index >= 15 is 0 Å². The summed E-state index contributed by atoms with van der Waals surface area (Å²) in [7, 11) is 1.58. The van der Waals surface area contributed by atoms with Crippen molar-refractivity contribution in [3.63, 3.8) is 0 Å². The zero-order chi connectivity index (χ0) is 12.8. The molecule has 0 spiro atoms. The first kappa shape index (κ1) is 13.7. The van der Waals surface area contributed by atoms with E-state index in [1.807, 2.05) is 0 Å². The summed E-state index contributed by atoms with van der Waals surface area (Å²) in [5.41, 5.74) is 6.93. The van der Waals surface area contributed by atoms with Crippen molar-refractivity contribution in [2.24, 2.45) is 0 Å². The molecule has 0 aliphatic heterocycles. The van der Waals surface area contributed by atoms with Gasteiger partial charge in [0.15, 0.2) is 0 Å². The molecule has 0 heterocycles. The zero-order valence-electron chi connectivity index (χ0n) is 10.3. The van der Waals surface area contributed by atoms with E-state index < -0.39 is 0 Å². The Hall–Kier alpha value is -1.36. The number of anilines is 2. The van der Waals surface area contributed by atoms with Crippen molar-refractivity contribution in [1.82, 2.24) is 0 Å². The fraction of sp³-hybridized carbons (Fsp3) is 0.417. The van der Waals surface area contributed by atoms with E-state index in [1.165, 1.54) is 0 Å². The molecule has 1 rings (SSSR count). The quantitative estimate of drug-likeness (QED) is 0.792. The molecule has 17 heavy (non-hydrogen) atoms. The van der Waals surface area contributed by atoms with Crippen molar-refractivity contribution in [2.75, 3.05) is 23.9 Å². The van der Waals surface area contributed by atoms with E-state index in [0.717, 1.165) is 0 Å². The fourth-order valence-electron chi connectivity index (χ4n) is 1.21. The van der Waals surface area contributed by atoms with Crippen molar-refractivity contribution >= 4 is 29.0 Å². The third kappa shape index (κ3) is 4.56. The lowest BCUT2D eigenvalue weighted by atomic mass is 10.2. The van der Waals surface area contributed by atoms with Crippen LogP contribution in [0.2, 0.25) is 0 Å². The van der Waals surface area contributed by atoms with E-state index in [9.17, 15) is 4.79 Å². The van der Waals surface area contributed by atoms with Gasteiger partial charge in [0.1, 0.15) is 5.75 Å². The molecule has 0 atom stereocenters. The lowest BCUT2D eigenvalue weighted by molar-refractivity contribution is -0.113. The van der Waals surface area contributed by atoms with Crippen molar-refractivity contribution in [2.45, 2.75) is 19.1 Å². The number of nitrogens with two attached hydrogens (primary N) is 1. The highest BCUT2D eigenvalue weighted by atomic mass is 32.2. The van der Waals surface area contributed by atoms with Crippen molar-refractivity contribution in [3.8, 4) is 5.75 Å². The number of thioether (sulfide) groups is 1. The minimum Gasteiger partial charge on any atom is -0.497 e. The predicted molar refractivity (Wildman–Crippen MR) is 73.6 cm³/mol. The predicted octanol–water partition coefficient (Wildman–Crippen LogP) is 2.36. The van der Waals surface area contributed by atoms with Gasteiger partial charge in [-0.05, 0) is 17.4 Å². The molecule has 0 unspecified atom stereocenters. The SMILES string of the molecule is COc1ccc(NC(=O)CSC(C)C)c(N)c1. The molecule has 94 valence electrons. The monoisotopic (exact) mass is 254 g/mol. The standard InChI is InChI=1S/C12H18N2O2S/c1-8(2)17-7-12(15)14-11-5-4-9(16-3)6-10(11)13/h4-6,8H,7,13H2,1-3H3,(H,14,15). The number of methoxy groups -OCH3 is 1. The Balaban J connectivity index is 2.59. The maximum Gasteiger partial charge on any atom is 0.234 e. The zero-order valence-corrected chi connectivity index (χ0v) is 11.1. The summed E-state index contributed by atoms with van der Waals surface area (Å²) in [6, 6.07) is 5.19. The van der Waals surface area contributed by atoms with Crippen LogP contribution in [0.15, 0.2) is 18.2 Å². The third-order valence-electron chi connectivity index (χ3n) is 2.08. The van der Waals surface area contributed by atoms with Crippen LogP contribution >= 0.6 is 11.8 Å². The maximum absolute atomic E-state index is 11.6. The molecule has 4 nitrogen and oxygen atoms in total. The molecule has 1 amide bonds. The molecule has 0 aliphatic carbocycles. The summed E-state index contributed by atoms with van der Waals surface area (Å²) in [6.45, 7) is 4.11. The van der Waals surface area contributed by atoms with Gasteiger partial charge in [-0.2, -0.15) is 0 Å². The van der Waals surface area contributed by atoms with Gasteiger partial charge in [0, 0.05) is 6.07 Å². The lowest BCUT2D eigenvalue weighted by Gasteiger charge is -2.10. The van der Waals surface area contributed by atoms with Crippen LogP contribution in [0.5, 0.6) is 5.75 Å². The molecule has 0 saturated carbocycles. The van der Waals surface area contributed by atoms with Crippen LogP contribution in [-0.2, 0) is 4.79 Å². The average molecular weight is 254 g/mol. The normalized spacial score (nSPS) is 10.4. The van der Waals surface area contributed by atoms with E-state index in [2.05, 4.69) is 19.2 Å². The summed E-state index contributed by atoms with van der Waals surface area (Å²) in [5, 5.41) is 3.22. The van der Waals surface area contributed by atoms with Crippen molar-refractivity contribution in [3.05, 3.63) is 18.2 Å². The van der Waals surface area contributed by atoms with Gasteiger partial charge in [-0.15, -0.1) is 11.8 Å². The van der Waals surface area contributed by atoms with Crippen molar-refractivity contribution in [1.29, 1.82) is 0 Å². The Bertz CT molecular complexity index is 394. The molecular formula is C12H18N2O2S. The number of hydrogen-bond acceptors (Lipinski definition) is 4. The van der Waals surface area contributed by atoms with Crippen LogP contribution in [0, 0.1) is 0 Å². The largest absolute Gasteiger partial charge is 0.497 e. The molecule has 0 aromatic heterocycles. The summed E-state index contributed by atoms with van der Waals surface area (Å²) < 4.78 is 5.04. The molecule has 0 fully saturated rings. The number of amides is 1. The van der Waals surface area contributed by atoms with Gasteiger partial charge in [-0.1, -0.05) is 13.8 Å². The minimum atomic E-state index is -0.0411. The van der Waals surface area contributed by atoms with Gasteiger partial charge < -0.3 is 15.8 Å². The first-order chi connectivity index (χ1) is 8.02.